The second-order valence-corrected chi connectivity index (χ2v) is 7.88. The van der Waals surface area contributed by atoms with E-state index in [4.69, 9.17) is 11.6 Å². The minimum Gasteiger partial charge on any atom is -0.396 e. The van der Waals surface area contributed by atoms with Crippen LogP contribution in [0.1, 0.15) is 53.6 Å². The molecule has 0 spiro atoms. The van der Waals surface area contributed by atoms with Crippen molar-refractivity contribution in [3.63, 3.8) is 0 Å². The zero-order chi connectivity index (χ0) is 15.7. The Morgan fingerprint density at radius 2 is 2.23 bits per heavy atom. The zero-order valence-electron chi connectivity index (χ0n) is 12.9. The number of aromatic nitrogens is 2. The lowest BCUT2D eigenvalue weighted by Crippen LogP contribution is -2.38. The van der Waals surface area contributed by atoms with Gasteiger partial charge < -0.3 is 10.4 Å². The van der Waals surface area contributed by atoms with Gasteiger partial charge >= 0.3 is 0 Å². The Labute approximate surface area is 139 Å². The molecule has 3 atom stereocenters. The molecule has 0 bridgehead atoms. The van der Waals surface area contributed by atoms with E-state index in [1.165, 1.54) is 10.4 Å². The van der Waals surface area contributed by atoms with Gasteiger partial charge in [-0.3, -0.25) is 5.10 Å². The van der Waals surface area contributed by atoms with Gasteiger partial charge in [-0.2, -0.15) is 5.10 Å². The van der Waals surface area contributed by atoms with Gasteiger partial charge in [0.1, 0.15) is 0 Å². The van der Waals surface area contributed by atoms with Crippen molar-refractivity contribution < 1.29 is 5.11 Å². The number of aliphatic hydroxyl groups excluding tert-OH is 1. The van der Waals surface area contributed by atoms with E-state index in [9.17, 15) is 5.11 Å². The van der Waals surface area contributed by atoms with Gasteiger partial charge in [0.15, 0.2) is 0 Å². The number of H-pyrrole nitrogens is 1. The molecule has 0 aliphatic carbocycles. The van der Waals surface area contributed by atoms with Gasteiger partial charge in [0, 0.05) is 23.6 Å². The predicted octanol–water partition coefficient (Wildman–Crippen LogP) is 3.56. The third-order valence-electron chi connectivity index (χ3n) is 4.31. The van der Waals surface area contributed by atoms with E-state index in [0.29, 0.717) is 18.4 Å². The largest absolute Gasteiger partial charge is 0.396 e. The molecule has 120 valence electrons. The van der Waals surface area contributed by atoms with Crippen molar-refractivity contribution in [2.24, 2.45) is 0 Å². The molecule has 0 amide bonds. The Hall–Kier alpha value is -0.880. The van der Waals surface area contributed by atoms with E-state index >= 15 is 0 Å². The van der Waals surface area contributed by atoms with E-state index in [0.717, 1.165) is 28.6 Å². The zero-order valence-corrected chi connectivity index (χ0v) is 14.5. The molecule has 3 heterocycles. The summed E-state index contributed by atoms with van der Waals surface area (Å²) in [5.74, 6) is 0.476. The summed E-state index contributed by atoms with van der Waals surface area (Å²) in [5.41, 5.74) is 3.38. The van der Waals surface area contributed by atoms with E-state index in [-0.39, 0.29) is 12.6 Å². The van der Waals surface area contributed by atoms with Crippen LogP contribution in [0.3, 0.4) is 0 Å². The van der Waals surface area contributed by atoms with Crippen LogP contribution in [0, 0.1) is 6.92 Å². The molecule has 3 N–H and O–H groups in total. The molecule has 4 nitrogen and oxygen atoms in total. The highest BCUT2D eigenvalue weighted by atomic mass is 35.5. The number of aromatic amines is 1. The highest BCUT2D eigenvalue weighted by Gasteiger charge is 2.31. The van der Waals surface area contributed by atoms with Gasteiger partial charge in [-0.25, -0.2) is 0 Å². The van der Waals surface area contributed by atoms with Crippen molar-refractivity contribution in [3.8, 4) is 0 Å². The Morgan fingerprint density at radius 3 is 2.91 bits per heavy atom. The van der Waals surface area contributed by atoms with Crippen LogP contribution in [0.25, 0.3) is 0 Å². The number of rotatable bonds is 4. The lowest BCUT2D eigenvalue weighted by atomic mass is 9.84. The lowest BCUT2D eigenvalue weighted by Gasteiger charge is -2.34. The molecule has 3 unspecified atom stereocenters. The van der Waals surface area contributed by atoms with Crippen molar-refractivity contribution in [2.75, 3.05) is 6.61 Å². The van der Waals surface area contributed by atoms with Crippen LogP contribution in [0.2, 0.25) is 4.34 Å². The van der Waals surface area contributed by atoms with Crippen LogP contribution in [-0.4, -0.2) is 28.0 Å². The molecule has 1 aliphatic rings. The van der Waals surface area contributed by atoms with Gasteiger partial charge in [0.25, 0.3) is 0 Å². The molecule has 0 aromatic carbocycles. The van der Waals surface area contributed by atoms with Crippen LogP contribution >= 0.6 is 22.9 Å². The average molecular weight is 340 g/mol. The summed E-state index contributed by atoms with van der Waals surface area (Å²) in [4.78, 5) is 1.34. The molecule has 2 aromatic rings. The number of aryl methyl sites for hydroxylation is 1. The maximum atomic E-state index is 9.27. The topological polar surface area (TPSA) is 60.9 Å². The SMILES string of the molecule is Cc1cc(C2CC(c3sc(Cl)cc3CCO)CC(C)N2)[nH]n1. The fourth-order valence-electron chi connectivity index (χ4n) is 3.41. The number of hydrogen-bond donors (Lipinski definition) is 3. The van der Waals surface area contributed by atoms with Crippen molar-refractivity contribution in [2.45, 2.75) is 51.1 Å². The third kappa shape index (κ3) is 3.38. The van der Waals surface area contributed by atoms with Crippen molar-refractivity contribution in [3.05, 3.63) is 38.3 Å². The van der Waals surface area contributed by atoms with Crippen LogP contribution in [0.5, 0.6) is 0 Å². The predicted molar refractivity (Wildman–Crippen MR) is 90.8 cm³/mol. The van der Waals surface area contributed by atoms with Crippen molar-refractivity contribution >= 4 is 22.9 Å². The fraction of sp³-hybridized carbons (Fsp3) is 0.562. The first-order chi connectivity index (χ1) is 10.6. The van der Waals surface area contributed by atoms with Gasteiger partial charge in [-0.05, 0) is 56.7 Å². The van der Waals surface area contributed by atoms with E-state index in [2.05, 4.69) is 28.5 Å². The van der Waals surface area contributed by atoms with E-state index in [1.807, 2.05) is 13.0 Å². The summed E-state index contributed by atoms with van der Waals surface area (Å²) in [6.45, 7) is 4.40. The first-order valence-electron chi connectivity index (χ1n) is 7.73. The summed E-state index contributed by atoms with van der Waals surface area (Å²) >= 11 is 7.88. The van der Waals surface area contributed by atoms with Crippen LogP contribution < -0.4 is 5.32 Å². The Bertz CT molecular complexity index is 639. The van der Waals surface area contributed by atoms with E-state index < -0.39 is 0 Å². The Kier molecular flexibility index (Phi) is 4.88. The monoisotopic (exact) mass is 339 g/mol. The van der Waals surface area contributed by atoms with Gasteiger partial charge in [-0.1, -0.05) is 11.6 Å². The number of halogens is 1. The number of thiophene rings is 1. The van der Waals surface area contributed by atoms with Gasteiger partial charge in [0.05, 0.1) is 15.7 Å². The van der Waals surface area contributed by atoms with Gasteiger partial charge in [0.2, 0.25) is 0 Å². The van der Waals surface area contributed by atoms with Crippen molar-refractivity contribution in [1.29, 1.82) is 0 Å². The third-order valence-corrected chi connectivity index (χ3v) is 5.78. The summed E-state index contributed by atoms with van der Waals surface area (Å²) < 4.78 is 0.818. The number of nitrogens with one attached hydrogen (secondary N) is 2. The first kappa shape index (κ1) is 16.0. The molecule has 1 aliphatic heterocycles. The second-order valence-electron chi connectivity index (χ2n) is 6.17. The maximum absolute atomic E-state index is 9.27. The number of hydrogen-bond acceptors (Lipinski definition) is 4. The molecule has 0 saturated carbocycles. The summed E-state index contributed by atoms with van der Waals surface area (Å²) in [6, 6.07) is 4.86. The molecular weight excluding hydrogens is 318 g/mol. The molecule has 3 rings (SSSR count). The lowest BCUT2D eigenvalue weighted by molar-refractivity contribution is 0.293. The molecule has 1 fully saturated rings. The average Bonchev–Trinajstić information content (AvgIpc) is 3.05. The summed E-state index contributed by atoms with van der Waals surface area (Å²) in [7, 11) is 0. The van der Waals surface area contributed by atoms with Crippen molar-refractivity contribution in [1.82, 2.24) is 15.5 Å². The molecule has 0 radical (unpaired) electrons. The minimum absolute atomic E-state index is 0.170. The quantitative estimate of drug-likeness (QED) is 0.798. The maximum Gasteiger partial charge on any atom is 0.0934 e. The number of nitrogens with zero attached hydrogens (tertiary/aromatic N) is 1. The number of aliphatic hydroxyl groups is 1. The molecule has 1 saturated heterocycles. The smallest absolute Gasteiger partial charge is 0.0934 e. The minimum atomic E-state index is 0.170. The normalized spacial score (nSPS) is 25.5. The van der Waals surface area contributed by atoms with E-state index in [1.54, 1.807) is 11.3 Å². The number of piperidine rings is 1. The van der Waals surface area contributed by atoms with Crippen LogP contribution in [0.15, 0.2) is 12.1 Å². The summed E-state index contributed by atoms with van der Waals surface area (Å²) in [5, 5.41) is 20.3. The fourth-order valence-corrected chi connectivity index (χ4v) is 4.85. The molecular formula is C16H22ClN3OS. The van der Waals surface area contributed by atoms with Gasteiger partial charge in [-0.15, -0.1) is 11.3 Å². The Morgan fingerprint density at radius 1 is 1.41 bits per heavy atom. The molecule has 22 heavy (non-hydrogen) atoms. The van der Waals surface area contributed by atoms with Crippen LogP contribution in [0.4, 0.5) is 0 Å². The highest BCUT2D eigenvalue weighted by Crippen LogP contribution is 2.42. The molecule has 2 aromatic heterocycles. The second kappa shape index (κ2) is 6.71. The standard InChI is InChI=1S/C16H22ClN3OS/c1-9-5-12(16-11(3-4-21)8-15(17)22-16)7-13(18-9)14-6-10(2)19-20-14/h6,8-9,12-13,18,21H,3-5,7H2,1-2H3,(H,19,20). The molecule has 6 heteroatoms. The Balaban J connectivity index is 1.84. The van der Waals surface area contributed by atoms with Crippen LogP contribution in [-0.2, 0) is 6.42 Å². The first-order valence-corrected chi connectivity index (χ1v) is 8.93. The highest BCUT2D eigenvalue weighted by molar-refractivity contribution is 7.16. The summed E-state index contributed by atoms with van der Waals surface area (Å²) in [6.07, 6.45) is 2.81.